The zero-order valence-corrected chi connectivity index (χ0v) is 17.1. The minimum atomic E-state index is -1.65. The summed E-state index contributed by atoms with van der Waals surface area (Å²) in [6.07, 6.45) is -0.420. The van der Waals surface area contributed by atoms with E-state index in [1.54, 1.807) is 55.5 Å². The van der Waals surface area contributed by atoms with Crippen LogP contribution in [0.5, 0.6) is 17.2 Å². The molecule has 0 saturated heterocycles. The van der Waals surface area contributed by atoms with E-state index < -0.39 is 14.1 Å². The van der Waals surface area contributed by atoms with Crippen LogP contribution >= 0.6 is 19.6 Å². The number of amides is 1. The lowest BCUT2D eigenvalue weighted by molar-refractivity contribution is -0.127. The predicted molar refractivity (Wildman–Crippen MR) is 109 cm³/mol. The zero-order valence-electron chi connectivity index (χ0n) is 15.4. The van der Waals surface area contributed by atoms with E-state index >= 15 is 0 Å². The minimum absolute atomic E-state index is 0.0815. The number of rotatable bonds is 11. The van der Waals surface area contributed by atoms with Gasteiger partial charge in [0.15, 0.2) is 12.3 Å². The SMILES string of the molecule is CC(Oc1ccc(Oc2ccc(Cl)cc2)cc1)C(=O)NCC[P+](=O)NCCO. The quantitative estimate of drug-likeness (QED) is 0.478. The Kier molecular flexibility index (Phi) is 9.17. The van der Waals surface area contributed by atoms with Gasteiger partial charge >= 0.3 is 7.95 Å². The number of halogens is 1. The van der Waals surface area contributed by atoms with Gasteiger partial charge in [-0.15, -0.1) is 5.09 Å². The van der Waals surface area contributed by atoms with Crippen LogP contribution in [0.2, 0.25) is 5.02 Å². The molecule has 2 aromatic rings. The molecule has 0 saturated carbocycles. The first-order valence-corrected chi connectivity index (χ1v) is 10.6. The number of ether oxygens (including phenoxy) is 2. The summed E-state index contributed by atoms with van der Waals surface area (Å²) >= 11 is 5.85. The van der Waals surface area contributed by atoms with Gasteiger partial charge in [0.2, 0.25) is 0 Å². The van der Waals surface area contributed by atoms with Crippen LogP contribution in [0.3, 0.4) is 0 Å². The number of hydrogen-bond donors (Lipinski definition) is 3. The number of nitrogens with one attached hydrogen (secondary N) is 2. The molecule has 2 unspecified atom stereocenters. The van der Waals surface area contributed by atoms with Gasteiger partial charge in [-0.05, 0) is 55.5 Å². The van der Waals surface area contributed by atoms with Gasteiger partial charge in [0.25, 0.3) is 5.91 Å². The van der Waals surface area contributed by atoms with Gasteiger partial charge < -0.3 is 19.9 Å². The van der Waals surface area contributed by atoms with Crippen LogP contribution < -0.4 is 19.9 Å². The number of benzene rings is 2. The molecular formula is C19H23ClN2O5P+. The average Bonchev–Trinajstić information content (AvgIpc) is 2.69. The highest BCUT2D eigenvalue weighted by molar-refractivity contribution is 7.42. The Hall–Kier alpha value is -2.18. The summed E-state index contributed by atoms with van der Waals surface area (Å²) in [4.78, 5) is 12.1. The number of hydrogen-bond acceptors (Lipinski definition) is 5. The van der Waals surface area contributed by atoms with Crippen molar-refractivity contribution >= 4 is 25.5 Å². The molecule has 9 heteroatoms. The third kappa shape index (κ3) is 7.82. The van der Waals surface area contributed by atoms with Gasteiger partial charge in [-0.1, -0.05) is 16.2 Å². The van der Waals surface area contributed by atoms with Crippen LogP contribution in [-0.4, -0.2) is 43.0 Å². The number of aliphatic hydroxyl groups excluding tert-OH is 1. The Bertz CT molecular complexity index is 771. The first kappa shape index (κ1) is 22.1. The van der Waals surface area contributed by atoms with Gasteiger partial charge in [0.1, 0.15) is 17.2 Å². The van der Waals surface area contributed by atoms with Crippen molar-refractivity contribution in [1.82, 2.24) is 10.4 Å². The molecule has 0 heterocycles. The van der Waals surface area contributed by atoms with Crippen molar-refractivity contribution in [3.05, 3.63) is 53.6 Å². The Morgan fingerprint density at radius 1 is 1.07 bits per heavy atom. The van der Waals surface area contributed by atoms with Crippen LogP contribution in [0, 0.1) is 0 Å². The molecule has 0 bridgehead atoms. The van der Waals surface area contributed by atoms with Crippen molar-refractivity contribution in [2.45, 2.75) is 13.0 Å². The molecule has 3 N–H and O–H groups in total. The summed E-state index contributed by atoms with van der Waals surface area (Å²) < 4.78 is 22.9. The van der Waals surface area contributed by atoms with Crippen LogP contribution in [0.4, 0.5) is 0 Å². The Balaban J connectivity index is 1.76. The van der Waals surface area contributed by atoms with Crippen molar-refractivity contribution < 1.29 is 23.9 Å². The second-order valence-corrected chi connectivity index (χ2v) is 7.77. The second-order valence-electron chi connectivity index (χ2n) is 5.81. The van der Waals surface area contributed by atoms with E-state index in [2.05, 4.69) is 10.4 Å². The average molecular weight is 426 g/mol. The molecule has 28 heavy (non-hydrogen) atoms. The summed E-state index contributed by atoms with van der Waals surface area (Å²) in [6, 6.07) is 13.9. The molecule has 1 amide bonds. The molecule has 150 valence electrons. The summed E-state index contributed by atoms with van der Waals surface area (Å²) in [5.74, 6) is 1.53. The highest BCUT2D eigenvalue weighted by Crippen LogP contribution is 2.25. The first-order chi connectivity index (χ1) is 13.5. The minimum Gasteiger partial charge on any atom is -0.481 e. The molecule has 0 aliphatic heterocycles. The molecule has 2 rings (SSSR count). The van der Waals surface area contributed by atoms with E-state index in [0.717, 1.165) is 0 Å². The fourth-order valence-electron chi connectivity index (χ4n) is 2.16. The molecular weight excluding hydrogens is 403 g/mol. The third-order valence-electron chi connectivity index (χ3n) is 3.57. The van der Waals surface area contributed by atoms with E-state index in [0.29, 0.717) is 22.3 Å². The lowest BCUT2D eigenvalue weighted by Crippen LogP contribution is -2.37. The van der Waals surface area contributed by atoms with Crippen LogP contribution in [0.25, 0.3) is 0 Å². The molecule has 7 nitrogen and oxygen atoms in total. The van der Waals surface area contributed by atoms with Crippen molar-refractivity contribution in [3.8, 4) is 17.2 Å². The number of aliphatic hydroxyl groups is 1. The van der Waals surface area contributed by atoms with Gasteiger partial charge in [-0.3, -0.25) is 4.79 Å². The van der Waals surface area contributed by atoms with E-state index in [1.807, 2.05) is 0 Å². The van der Waals surface area contributed by atoms with E-state index in [-0.39, 0.29) is 31.8 Å². The van der Waals surface area contributed by atoms with Gasteiger partial charge in [0.05, 0.1) is 19.7 Å². The smallest absolute Gasteiger partial charge is 0.434 e. The Morgan fingerprint density at radius 3 is 2.25 bits per heavy atom. The maximum absolute atomic E-state index is 12.1. The molecule has 0 aliphatic rings. The first-order valence-electron chi connectivity index (χ1n) is 8.75. The van der Waals surface area contributed by atoms with E-state index in [1.165, 1.54) is 0 Å². The highest BCUT2D eigenvalue weighted by atomic mass is 35.5. The Labute approximate surface area is 169 Å². The van der Waals surface area contributed by atoms with E-state index in [4.69, 9.17) is 26.2 Å². The van der Waals surface area contributed by atoms with E-state index in [9.17, 15) is 9.36 Å². The number of carbonyl (C=O) groups excluding carboxylic acids is 1. The third-order valence-corrected chi connectivity index (χ3v) is 5.03. The normalized spacial score (nSPS) is 12.2. The summed E-state index contributed by atoms with van der Waals surface area (Å²) in [7, 11) is -1.65. The van der Waals surface area contributed by atoms with Crippen LogP contribution in [0.1, 0.15) is 6.92 Å². The molecule has 0 aromatic heterocycles. The standard InChI is InChI=1S/C19H22ClN2O5P/c1-14(19(24)21-11-13-28(25)22-10-12-23)26-16-6-8-18(9-7-16)27-17-4-2-15(20)3-5-17/h2-9,14,23H,10-13H2,1H3,(H-,21,22,24,25)/p+1. The summed E-state index contributed by atoms with van der Waals surface area (Å²) in [5.41, 5.74) is 0. The lowest BCUT2D eigenvalue weighted by atomic mass is 10.3. The maximum atomic E-state index is 12.1. The lowest BCUT2D eigenvalue weighted by Gasteiger charge is -2.14. The van der Waals surface area contributed by atoms with Gasteiger partial charge in [0, 0.05) is 5.02 Å². The molecule has 2 atom stereocenters. The fraction of sp³-hybridized carbons (Fsp3) is 0.316. The van der Waals surface area contributed by atoms with Gasteiger partial charge in [-0.25, -0.2) is 0 Å². The fourth-order valence-corrected chi connectivity index (χ4v) is 3.11. The topological polar surface area (TPSA) is 96.9 Å². The summed E-state index contributed by atoms with van der Waals surface area (Å²) in [6.45, 7) is 2.08. The van der Waals surface area contributed by atoms with Crippen molar-refractivity contribution in [2.75, 3.05) is 25.9 Å². The molecule has 0 fully saturated rings. The van der Waals surface area contributed by atoms with Crippen molar-refractivity contribution in [3.63, 3.8) is 0 Å². The maximum Gasteiger partial charge on any atom is 0.434 e. The predicted octanol–water partition coefficient (Wildman–Crippen LogP) is 3.34. The Morgan fingerprint density at radius 2 is 1.64 bits per heavy atom. The van der Waals surface area contributed by atoms with Crippen molar-refractivity contribution in [2.24, 2.45) is 0 Å². The van der Waals surface area contributed by atoms with Crippen LogP contribution in [0.15, 0.2) is 48.5 Å². The molecule has 0 spiro atoms. The summed E-state index contributed by atoms with van der Waals surface area (Å²) in [5, 5.41) is 14.6. The largest absolute Gasteiger partial charge is 0.481 e. The van der Waals surface area contributed by atoms with Crippen LogP contribution in [-0.2, 0) is 9.36 Å². The zero-order chi connectivity index (χ0) is 20.4. The second kappa shape index (κ2) is 11.6. The monoisotopic (exact) mass is 425 g/mol. The number of carbonyl (C=O) groups is 1. The molecule has 0 aliphatic carbocycles. The molecule has 0 radical (unpaired) electrons. The highest BCUT2D eigenvalue weighted by Gasteiger charge is 2.18. The van der Waals surface area contributed by atoms with Gasteiger partial charge in [-0.2, -0.15) is 0 Å². The molecule has 2 aromatic carbocycles. The van der Waals surface area contributed by atoms with Crippen molar-refractivity contribution in [1.29, 1.82) is 0 Å².